The van der Waals surface area contributed by atoms with Gasteiger partial charge in [0.2, 0.25) is 21.8 Å². The maximum absolute atomic E-state index is 14.9. The van der Waals surface area contributed by atoms with E-state index in [0.717, 1.165) is 49.3 Å². The first-order valence-electron chi connectivity index (χ1n) is 14.5. The number of hydrogen-bond donors (Lipinski definition) is 1. The highest BCUT2D eigenvalue weighted by atomic mass is 35.5. The zero-order chi connectivity index (χ0) is 32.8. The van der Waals surface area contributed by atoms with Crippen LogP contribution in [0.5, 0.6) is 0 Å². The van der Waals surface area contributed by atoms with Crippen LogP contribution in [0.25, 0.3) is 0 Å². The predicted molar refractivity (Wildman–Crippen MR) is 165 cm³/mol. The van der Waals surface area contributed by atoms with Crippen LogP contribution in [0.4, 0.5) is 23.2 Å². The molecule has 0 saturated heterocycles. The molecule has 0 aliphatic heterocycles. The van der Waals surface area contributed by atoms with Crippen molar-refractivity contribution in [2.45, 2.75) is 63.3 Å². The van der Waals surface area contributed by atoms with Gasteiger partial charge in [0.15, 0.2) is 0 Å². The van der Waals surface area contributed by atoms with Gasteiger partial charge in [0, 0.05) is 24.6 Å². The van der Waals surface area contributed by atoms with E-state index >= 15 is 0 Å². The van der Waals surface area contributed by atoms with Gasteiger partial charge in [-0.15, -0.1) is 0 Å². The first-order chi connectivity index (χ1) is 21.2. The highest BCUT2D eigenvalue weighted by Gasteiger charge is 2.36. The van der Waals surface area contributed by atoms with E-state index in [0.29, 0.717) is 22.0 Å². The molecule has 0 radical (unpaired) electrons. The van der Waals surface area contributed by atoms with Crippen LogP contribution in [0.1, 0.15) is 48.8 Å². The van der Waals surface area contributed by atoms with Crippen molar-refractivity contribution < 1.29 is 35.6 Å². The van der Waals surface area contributed by atoms with Gasteiger partial charge < -0.3 is 10.2 Å². The molecule has 0 heterocycles. The smallest absolute Gasteiger partial charge is 0.352 e. The number of rotatable bonds is 11. The van der Waals surface area contributed by atoms with E-state index in [-0.39, 0.29) is 23.0 Å². The second-order valence-electron chi connectivity index (χ2n) is 11.1. The molecule has 0 aromatic heterocycles. The molecule has 1 aliphatic rings. The zero-order valence-electron chi connectivity index (χ0n) is 24.6. The number of benzene rings is 3. The van der Waals surface area contributed by atoms with Crippen LogP contribution < -0.4 is 9.62 Å². The fourth-order valence-corrected chi connectivity index (χ4v) is 6.51. The van der Waals surface area contributed by atoms with Crippen molar-refractivity contribution in [3.63, 3.8) is 0 Å². The molecule has 7 nitrogen and oxygen atoms in total. The average Bonchev–Trinajstić information content (AvgIpc) is 2.98. The highest BCUT2D eigenvalue weighted by molar-refractivity contribution is 7.92. The van der Waals surface area contributed by atoms with E-state index in [2.05, 4.69) is 5.32 Å². The molecule has 45 heavy (non-hydrogen) atoms. The van der Waals surface area contributed by atoms with Gasteiger partial charge in [0.1, 0.15) is 18.4 Å². The Balaban J connectivity index is 1.77. The number of anilines is 1. The number of nitrogens with one attached hydrogen (secondary N) is 1. The number of sulfonamides is 1. The summed E-state index contributed by atoms with van der Waals surface area (Å²) in [6, 6.07) is 15.3. The fourth-order valence-electron chi connectivity index (χ4n) is 5.38. The van der Waals surface area contributed by atoms with Crippen molar-refractivity contribution >= 4 is 39.1 Å². The van der Waals surface area contributed by atoms with Gasteiger partial charge in [-0.1, -0.05) is 79.4 Å². The van der Waals surface area contributed by atoms with Crippen molar-refractivity contribution in [1.82, 2.24) is 10.2 Å². The topological polar surface area (TPSA) is 86.8 Å². The molecule has 0 spiro atoms. The SMILES string of the molecule is CS(=O)(=O)N(CC(=O)N(Cc1ccccc1F)[C@H](Cc1ccccc1)C(=O)NC1CCCCC1)c1cc(C(F)(F)F)ccc1Cl. The Morgan fingerprint density at radius 1 is 0.978 bits per heavy atom. The van der Waals surface area contributed by atoms with Crippen LogP contribution in [0, 0.1) is 5.82 Å². The molecular formula is C32H34ClF4N3O4S. The molecule has 3 aromatic carbocycles. The molecule has 3 aromatic rings. The summed E-state index contributed by atoms with van der Waals surface area (Å²) in [5.41, 5.74) is -0.967. The van der Waals surface area contributed by atoms with E-state index in [1.807, 2.05) is 0 Å². The number of halogens is 5. The van der Waals surface area contributed by atoms with Crippen molar-refractivity contribution in [3.05, 3.63) is 100 Å². The lowest BCUT2D eigenvalue weighted by Gasteiger charge is -2.35. The van der Waals surface area contributed by atoms with Gasteiger partial charge >= 0.3 is 6.18 Å². The standard InChI is InChI=1S/C32H34ClF4N3O4S/c1-45(43,44)40(28-19-24(32(35,36)37)16-17-26(28)33)21-30(41)39(20-23-12-8-9-15-27(23)34)29(18-22-10-4-2-5-11-22)31(42)38-25-13-6-3-7-14-25/h2,4-5,8-12,15-17,19,25,29H,3,6-7,13-14,18,20-21H2,1H3,(H,38,42)/t29-/m1/s1. The third kappa shape index (κ3) is 9.20. The Hall–Kier alpha value is -3.64. The van der Waals surface area contributed by atoms with E-state index in [9.17, 15) is 35.6 Å². The first kappa shape index (κ1) is 34.2. The van der Waals surface area contributed by atoms with Crippen LogP contribution in [0.2, 0.25) is 5.02 Å². The number of amides is 2. The van der Waals surface area contributed by atoms with Crippen molar-refractivity contribution in [3.8, 4) is 0 Å². The molecule has 1 N–H and O–H groups in total. The second kappa shape index (κ2) is 14.6. The minimum Gasteiger partial charge on any atom is -0.352 e. The maximum Gasteiger partial charge on any atom is 0.416 e. The number of carbonyl (C=O) groups is 2. The summed E-state index contributed by atoms with van der Waals surface area (Å²) in [5.74, 6) is -2.09. The first-order valence-corrected chi connectivity index (χ1v) is 16.7. The molecule has 1 saturated carbocycles. The lowest BCUT2D eigenvalue weighted by Crippen LogP contribution is -2.55. The Bertz CT molecular complexity index is 1600. The van der Waals surface area contributed by atoms with Gasteiger partial charge in [0.05, 0.1) is 22.5 Å². The largest absolute Gasteiger partial charge is 0.416 e. The number of alkyl halides is 3. The molecule has 1 atom stereocenters. The number of nitrogens with zero attached hydrogens (tertiary/aromatic N) is 2. The predicted octanol–water partition coefficient (Wildman–Crippen LogP) is 6.35. The van der Waals surface area contributed by atoms with E-state index < -0.39 is 64.2 Å². The van der Waals surface area contributed by atoms with Crippen LogP contribution in [0.3, 0.4) is 0 Å². The molecule has 1 fully saturated rings. The lowest BCUT2D eigenvalue weighted by molar-refractivity contribution is -0.140. The van der Waals surface area contributed by atoms with E-state index in [1.54, 1.807) is 36.4 Å². The third-order valence-electron chi connectivity index (χ3n) is 7.74. The summed E-state index contributed by atoms with van der Waals surface area (Å²) in [5, 5.41) is 2.68. The Kier molecular flexibility index (Phi) is 11.1. The summed E-state index contributed by atoms with van der Waals surface area (Å²) in [7, 11) is -4.38. The quantitative estimate of drug-likeness (QED) is 0.242. The monoisotopic (exact) mass is 667 g/mol. The van der Waals surface area contributed by atoms with Crippen LogP contribution in [0.15, 0.2) is 72.8 Å². The Morgan fingerprint density at radius 2 is 1.62 bits per heavy atom. The van der Waals surface area contributed by atoms with Gasteiger partial charge in [-0.3, -0.25) is 13.9 Å². The number of carbonyl (C=O) groups excluding carboxylic acids is 2. The third-order valence-corrected chi connectivity index (χ3v) is 9.19. The van der Waals surface area contributed by atoms with Crippen LogP contribution in [-0.4, -0.2) is 50.0 Å². The summed E-state index contributed by atoms with van der Waals surface area (Å²) in [4.78, 5) is 29.2. The maximum atomic E-state index is 14.9. The highest BCUT2D eigenvalue weighted by Crippen LogP contribution is 2.36. The summed E-state index contributed by atoms with van der Waals surface area (Å²) >= 11 is 6.18. The minimum atomic E-state index is -4.82. The normalized spacial score (nSPS) is 14.9. The Labute approximate surface area is 265 Å². The number of hydrogen-bond acceptors (Lipinski definition) is 4. The van der Waals surface area contributed by atoms with E-state index in [1.165, 1.54) is 18.2 Å². The molecule has 0 unspecified atom stereocenters. The lowest BCUT2D eigenvalue weighted by atomic mass is 9.94. The van der Waals surface area contributed by atoms with Gasteiger partial charge in [-0.05, 0) is 42.7 Å². The molecular weight excluding hydrogens is 634 g/mol. The van der Waals surface area contributed by atoms with E-state index in [4.69, 9.17) is 11.6 Å². The van der Waals surface area contributed by atoms with Gasteiger partial charge in [-0.25, -0.2) is 12.8 Å². The van der Waals surface area contributed by atoms with Crippen molar-refractivity contribution in [1.29, 1.82) is 0 Å². The van der Waals surface area contributed by atoms with Gasteiger partial charge in [0.25, 0.3) is 0 Å². The van der Waals surface area contributed by atoms with Crippen LogP contribution in [-0.2, 0) is 38.8 Å². The minimum absolute atomic E-state index is 0.0166. The van der Waals surface area contributed by atoms with Crippen LogP contribution >= 0.6 is 11.6 Å². The second-order valence-corrected chi connectivity index (χ2v) is 13.4. The Morgan fingerprint density at radius 3 is 2.24 bits per heavy atom. The average molecular weight is 668 g/mol. The zero-order valence-corrected chi connectivity index (χ0v) is 26.1. The summed E-state index contributed by atoms with van der Waals surface area (Å²) in [6.45, 7) is -1.40. The molecule has 2 amide bonds. The van der Waals surface area contributed by atoms with Crippen molar-refractivity contribution in [2.75, 3.05) is 17.1 Å². The van der Waals surface area contributed by atoms with Gasteiger partial charge in [-0.2, -0.15) is 13.2 Å². The summed E-state index contributed by atoms with van der Waals surface area (Å²) < 4.78 is 82.0. The van der Waals surface area contributed by atoms with Crippen molar-refractivity contribution in [2.24, 2.45) is 0 Å². The molecule has 1 aliphatic carbocycles. The molecule has 4 rings (SSSR count). The molecule has 242 valence electrons. The fraction of sp³-hybridized carbons (Fsp3) is 0.375. The summed E-state index contributed by atoms with van der Waals surface area (Å²) in [6.07, 6.45) is 0.318. The molecule has 0 bridgehead atoms. The molecule has 13 heteroatoms.